The highest BCUT2D eigenvalue weighted by molar-refractivity contribution is 7.84. The molecule has 0 atom stereocenters. The van der Waals surface area contributed by atoms with Crippen LogP contribution in [0.15, 0.2) is 30.3 Å². The average molecular weight is 215 g/mol. The monoisotopic (exact) mass is 215 g/mol. The van der Waals surface area contributed by atoms with E-state index in [2.05, 4.69) is 0 Å². The molecule has 0 radical (unpaired) electrons. The number of rotatable bonds is 3. The van der Waals surface area contributed by atoms with Crippen molar-refractivity contribution in [1.29, 1.82) is 0 Å². The topological polar surface area (TPSA) is 83.5 Å². The summed E-state index contributed by atoms with van der Waals surface area (Å²) in [6.45, 7) is 0. The molecule has 0 fully saturated rings. The number of amides is 1. The van der Waals surface area contributed by atoms with E-state index in [4.69, 9.17) is 4.55 Å². The fraction of sp³-hybridized carbons (Fsp3) is 0.125. The van der Waals surface area contributed by atoms with Crippen LogP contribution in [0.3, 0.4) is 0 Å². The molecule has 2 N–H and O–H groups in total. The zero-order valence-electron chi connectivity index (χ0n) is 7.17. The standard InChI is InChI=1S/C8H9NO4S/c10-8(9-14(11,12)13)6-7-4-2-1-3-5-7/h1-5H,6H2,(H,9,10)(H,11,12,13). The highest BCUT2D eigenvalue weighted by Crippen LogP contribution is 1.99. The van der Waals surface area contributed by atoms with Gasteiger partial charge in [-0.25, -0.2) is 4.72 Å². The van der Waals surface area contributed by atoms with E-state index in [-0.39, 0.29) is 6.42 Å². The van der Waals surface area contributed by atoms with Gasteiger partial charge in [0.15, 0.2) is 0 Å². The average Bonchev–Trinajstić information content (AvgIpc) is 2.02. The summed E-state index contributed by atoms with van der Waals surface area (Å²) >= 11 is 0. The van der Waals surface area contributed by atoms with Crippen LogP contribution in [0.5, 0.6) is 0 Å². The number of nitrogens with one attached hydrogen (secondary N) is 1. The zero-order chi connectivity index (χ0) is 10.6. The third kappa shape index (κ3) is 4.01. The molecular formula is C8H9NO4S. The molecule has 6 heteroatoms. The maximum Gasteiger partial charge on any atom is 0.359 e. The molecule has 1 amide bonds. The summed E-state index contributed by atoms with van der Waals surface area (Å²) in [5.74, 6) is -0.765. The van der Waals surface area contributed by atoms with Crippen molar-refractivity contribution in [3.8, 4) is 0 Å². The molecular weight excluding hydrogens is 206 g/mol. The SMILES string of the molecule is O=C(Cc1ccccc1)NS(=O)(=O)O. The van der Waals surface area contributed by atoms with E-state index in [0.29, 0.717) is 5.56 Å². The first-order valence-corrected chi connectivity index (χ1v) is 5.23. The third-order valence-corrected chi connectivity index (χ3v) is 1.94. The van der Waals surface area contributed by atoms with E-state index in [1.165, 1.54) is 4.72 Å². The Bertz CT molecular complexity index is 412. The van der Waals surface area contributed by atoms with Crippen LogP contribution in [-0.4, -0.2) is 18.9 Å². The van der Waals surface area contributed by atoms with Gasteiger partial charge in [0.1, 0.15) is 0 Å². The molecule has 0 aliphatic carbocycles. The van der Waals surface area contributed by atoms with Gasteiger partial charge in [0, 0.05) is 0 Å². The zero-order valence-corrected chi connectivity index (χ0v) is 7.99. The van der Waals surface area contributed by atoms with Gasteiger partial charge in [-0.1, -0.05) is 30.3 Å². The summed E-state index contributed by atoms with van der Waals surface area (Å²) in [6.07, 6.45) is -0.0827. The van der Waals surface area contributed by atoms with E-state index >= 15 is 0 Å². The van der Waals surface area contributed by atoms with Gasteiger partial charge in [0.25, 0.3) is 0 Å². The Balaban J connectivity index is 2.59. The van der Waals surface area contributed by atoms with Crippen LogP contribution in [0.2, 0.25) is 0 Å². The minimum absolute atomic E-state index is 0.0827. The van der Waals surface area contributed by atoms with Crippen molar-refractivity contribution in [2.75, 3.05) is 0 Å². The second kappa shape index (κ2) is 4.21. The molecule has 1 rings (SSSR count). The Hall–Kier alpha value is -1.40. The Morgan fingerprint density at radius 2 is 1.86 bits per heavy atom. The van der Waals surface area contributed by atoms with Gasteiger partial charge in [-0.15, -0.1) is 0 Å². The lowest BCUT2D eigenvalue weighted by Gasteiger charge is -2.00. The minimum Gasteiger partial charge on any atom is -0.274 e. The van der Waals surface area contributed by atoms with Gasteiger partial charge in [0.2, 0.25) is 5.91 Å². The van der Waals surface area contributed by atoms with E-state index in [1.54, 1.807) is 30.3 Å². The Kier molecular flexibility index (Phi) is 3.21. The number of benzene rings is 1. The van der Waals surface area contributed by atoms with Crippen molar-refractivity contribution in [2.45, 2.75) is 6.42 Å². The summed E-state index contributed by atoms with van der Waals surface area (Å²) in [7, 11) is -4.44. The van der Waals surface area contributed by atoms with Crippen molar-refractivity contribution in [2.24, 2.45) is 0 Å². The number of carbonyl (C=O) groups excluding carboxylic acids is 1. The van der Waals surface area contributed by atoms with Gasteiger partial charge in [-0.05, 0) is 5.56 Å². The molecule has 0 saturated carbocycles. The van der Waals surface area contributed by atoms with Gasteiger partial charge >= 0.3 is 10.3 Å². The molecule has 0 spiro atoms. The Morgan fingerprint density at radius 3 is 2.36 bits per heavy atom. The van der Waals surface area contributed by atoms with Crippen LogP contribution in [0, 0.1) is 0 Å². The molecule has 5 nitrogen and oxygen atoms in total. The molecule has 76 valence electrons. The van der Waals surface area contributed by atoms with Crippen molar-refractivity contribution in [3.05, 3.63) is 35.9 Å². The van der Waals surface area contributed by atoms with Crippen LogP contribution in [-0.2, 0) is 21.5 Å². The summed E-state index contributed by atoms with van der Waals surface area (Å²) in [4.78, 5) is 11.0. The Labute approximate surface area is 81.6 Å². The van der Waals surface area contributed by atoms with E-state index < -0.39 is 16.2 Å². The van der Waals surface area contributed by atoms with Crippen LogP contribution < -0.4 is 4.72 Å². The maximum atomic E-state index is 11.0. The summed E-state index contributed by atoms with van der Waals surface area (Å²) in [5.41, 5.74) is 0.675. The summed E-state index contributed by atoms with van der Waals surface area (Å²) in [5, 5.41) is 0. The van der Waals surface area contributed by atoms with Gasteiger partial charge < -0.3 is 0 Å². The van der Waals surface area contributed by atoms with Gasteiger partial charge in [0.05, 0.1) is 6.42 Å². The van der Waals surface area contributed by atoms with Crippen LogP contribution in [0.25, 0.3) is 0 Å². The highest BCUT2D eigenvalue weighted by Gasteiger charge is 2.09. The van der Waals surface area contributed by atoms with Crippen LogP contribution >= 0.6 is 0 Å². The van der Waals surface area contributed by atoms with Crippen molar-refractivity contribution >= 4 is 16.2 Å². The quantitative estimate of drug-likeness (QED) is 0.703. The number of hydrogen-bond donors (Lipinski definition) is 2. The smallest absolute Gasteiger partial charge is 0.274 e. The maximum absolute atomic E-state index is 11.0. The van der Waals surface area contributed by atoms with Gasteiger partial charge in [-0.2, -0.15) is 8.42 Å². The highest BCUT2D eigenvalue weighted by atomic mass is 32.2. The van der Waals surface area contributed by atoms with E-state index in [1.807, 2.05) is 0 Å². The predicted molar refractivity (Wildman–Crippen MR) is 49.8 cm³/mol. The van der Waals surface area contributed by atoms with Crippen LogP contribution in [0.4, 0.5) is 0 Å². The molecule has 0 aromatic heterocycles. The molecule has 0 saturated heterocycles. The van der Waals surface area contributed by atoms with Gasteiger partial charge in [-0.3, -0.25) is 9.35 Å². The first kappa shape index (κ1) is 10.7. The first-order chi connectivity index (χ1) is 6.47. The fourth-order valence-corrected chi connectivity index (χ4v) is 1.32. The number of hydrogen-bond acceptors (Lipinski definition) is 3. The summed E-state index contributed by atoms with van der Waals surface area (Å²) in [6, 6.07) is 8.61. The molecule has 0 heterocycles. The lowest BCUT2D eigenvalue weighted by Crippen LogP contribution is -2.30. The largest absolute Gasteiger partial charge is 0.359 e. The normalized spacial score (nSPS) is 10.9. The minimum atomic E-state index is -4.44. The first-order valence-electron chi connectivity index (χ1n) is 3.79. The summed E-state index contributed by atoms with van der Waals surface area (Å²) < 4.78 is 30.3. The Morgan fingerprint density at radius 1 is 1.29 bits per heavy atom. The molecule has 14 heavy (non-hydrogen) atoms. The second-order valence-corrected chi connectivity index (χ2v) is 3.82. The van der Waals surface area contributed by atoms with E-state index in [0.717, 1.165) is 0 Å². The van der Waals surface area contributed by atoms with Crippen molar-refractivity contribution in [1.82, 2.24) is 4.72 Å². The van der Waals surface area contributed by atoms with Crippen molar-refractivity contribution < 1.29 is 17.8 Å². The van der Waals surface area contributed by atoms with Crippen LogP contribution in [0.1, 0.15) is 5.56 Å². The number of carbonyl (C=O) groups is 1. The molecule has 0 bridgehead atoms. The van der Waals surface area contributed by atoms with Crippen molar-refractivity contribution in [3.63, 3.8) is 0 Å². The third-order valence-electron chi connectivity index (χ3n) is 1.45. The molecule has 0 unspecified atom stereocenters. The molecule has 1 aromatic rings. The molecule has 0 aliphatic heterocycles. The molecule has 0 aliphatic rings. The molecule has 1 aromatic carbocycles. The second-order valence-electron chi connectivity index (χ2n) is 2.66. The van der Waals surface area contributed by atoms with E-state index in [9.17, 15) is 13.2 Å². The predicted octanol–water partition coefficient (Wildman–Crippen LogP) is 0.148. The lowest BCUT2D eigenvalue weighted by molar-refractivity contribution is -0.118. The lowest BCUT2D eigenvalue weighted by atomic mass is 10.1. The fourth-order valence-electron chi connectivity index (χ4n) is 0.961.